The maximum atomic E-state index is 13.0. The number of ether oxygens (including phenoxy) is 1. The van der Waals surface area contributed by atoms with Gasteiger partial charge in [-0.3, -0.25) is 24.1 Å². The molecule has 2 aromatic carbocycles. The number of rotatable bonds is 7. The van der Waals surface area contributed by atoms with Gasteiger partial charge in [0.25, 0.3) is 17.7 Å². The third-order valence-electron chi connectivity index (χ3n) is 4.70. The summed E-state index contributed by atoms with van der Waals surface area (Å²) in [5.74, 6) is -4.07. The number of aromatic nitrogens is 1. The number of anilines is 2. The first-order valence-electron chi connectivity index (χ1n) is 9.82. The summed E-state index contributed by atoms with van der Waals surface area (Å²) in [7, 11) is 1.20. The first kappa shape index (κ1) is 24.9. The van der Waals surface area contributed by atoms with E-state index in [1.165, 1.54) is 68.0 Å². The van der Waals surface area contributed by atoms with Crippen LogP contribution >= 0.6 is 12.8 Å². The number of hydrogen-bond donors (Lipinski definition) is 5. The highest BCUT2D eigenvalue weighted by Gasteiger charge is 2.21. The molecule has 11 nitrogen and oxygen atoms in total. The van der Waals surface area contributed by atoms with Gasteiger partial charge in [0.05, 0.1) is 46.9 Å². The van der Waals surface area contributed by atoms with Crippen molar-refractivity contribution >= 4 is 53.8 Å². The van der Waals surface area contributed by atoms with Crippen LogP contribution in [0.15, 0.2) is 60.9 Å². The highest BCUT2D eigenvalue weighted by atomic mass is 32.1. The monoisotopic (exact) mass is 494 g/mol. The van der Waals surface area contributed by atoms with Crippen molar-refractivity contribution in [3.8, 4) is 0 Å². The Morgan fingerprint density at radius 1 is 0.829 bits per heavy atom. The van der Waals surface area contributed by atoms with E-state index in [0.717, 1.165) is 0 Å². The molecule has 3 rings (SSSR count). The summed E-state index contributed by atoms with van der Waals surface area (Å²) in [4.78, 5) is 65.0. The van der Waals surface area contributed by atoms with E-state index >= 15 is 0 Å². The van der Waals surface area contributed by atoms with Gasteiger partial charge in [-0.15, -0.1) is 0 Å². The molecule has 0 atom stereocenters. The number of esters is 1. The number of carbonyl (C=O) groups excluding carboxylic acids is 4. The lowest BCUT2D eigenvalue weighted by Crippen LogP contribution is -2.21. The topological polar surface area (TPSA) is 164 Å². The second-order valence-electron chi connectivity index (χ2n) is 6.91. The van der Waals surface area contributed by atoms with Crippen LogP contribution in [0.25, 0.3) is 0 Å². The molecule has 0 aliphatic carbocycles. The van der Waals surface area contributed by atoms with E-state index < -0.39 is 29.7 Å². The molecule has 12 heteroatoms. The Morgan fingerprint density at radius 3 is 2.17 bits per heavy atom. The molecular formula is C23H18N4O7S. The van der Waals surface area contributed by atoms with Crippen molar-refractivity contribution in [1.29, 1.82) is 0 Å². The Balaban J connectivity index is 1.97. The van der Waals surface area contributed by atoms with Crippen LogP contribution < -0.4 is 15.4 Å². The van der Waals surface area contributed by atoms with Gasteiger partial charge in [0.1, 0.15) is 0 Å². The van der Waals surface area contributed by atoms with E-state index in [9.17, 15) is 29.1 Å². The van der Waals surface area contributed by atoms with Gasteiger partial charge >= 0.3 is 11.9 Å². The molecule has 1 heterocycles. The molecule has 0 saturated heterocycles. The summed E-state index contributed by atoms with van der Waals surface area (Å²) in [5, 5.41) is 14.4. The van der Waals surface area contributed by atoms with Crippen LogP contribution in [0.3, 0.4) is 0 Å². The molecule has 178 valence electrons. The van der Waals surface area contributed by atoms with Crippen LogP contribution in [0.5, 0.6) is 0 Å². The molecule has 0 radical (unpaired) electrons. The number of benzene rings is 2. The molecule has 0 aliphatic heterocycles. The summed E-state index contributed by atoms with van der Waals surface area (Å²) < 4.78 is 6.77. The van der Waals surface area contributed by atoms with Crippen molar-refractivity contribution in [3.63, 3.8) is 0 Å². The van der Waals surface area contributed by atoms with Crippen LogP contribution in [0.2, 0.25) is 0 Å². The normalized spacial score (nSPS) is 10.1. The lowest BCUT2D eigenvalue weighted by molar-refractivity contribution is 0.0599. The van der Waals surface area contributed by atoms with Crippen LogP contribution in [-0.4, -0.2) is 46.9 Å². The number of amides is 3. The number of carbonyl (C=O) groups is 5. The minimum atomic E-state index is -1.31. The van der Waals surface area contributed by atoms with Crippen molar-refractivity contribution in [3.05, 3.63) is 88.7 Å². The van der Waals surface area contributed by atoms with E-state index in [2.05, 4.69) is 37.9 Å². The molecule has 4 N–H and O–H groups in total. The summed E-state index contributed by atoms with van der Waals surface area (Å²) in [5.41, 5.74) is -0.165. The fourth-order valence-corrected chi connectivity index (χ4v) is 3.17. The third kappa shape index (κ3) is 5.81. The molecule has 0 spiro atoms. The van der Waals surface area contributed by atoms with Crippen LogP contribution in [0.4, 0.5) is 11.4 Å². The number of thiol groups is 1. The highest BCUT2D eigenvalue weighted by Crippen LogP contribution is 2.22. The van der Waals surface area contributed by atoms with Crippen molar-refractivity contribution in [2.45, 2.75) is 0 Å². The van der Waals surface area contributed by atoms with Crippen molar-refractivity contribution in [1.82, 2.24) is 9.71 Å². The second kappa shape index (κ2) is 10.9. The molecule has 3 aromatic rings. The largest absolute Gasteiger partial charge is 0.478 e. The third-order valence-corrected chi connectivity index (χ3v) is 4.90. The van der Waals surface area contributed by atoms with Gasteiger partial charge in [-0.2, -0.15) is 0 Å². The predicted molar refractivity (Wildman–Crippen MR) is 128 cm³/mol. The van der Waals surface area contributed by atoms with Crippen molar-refractivity contribution < 1.29 is 33.8 Å². The number of aromatic carboxylic acids is 1. The van der Waals surface area contributed by atoms with Gasteiger partial charge < -0.3 is 20.5 Å². The Labute approximate surface area is 204 Å². The Morgan fingerprint density at radius 2 is 1.51 bits per heavy atom. The Hall–Kier alpha value is -4.71. The van der Waals surface area contributed by atoms with Gasteiger partial charge in [-0.1, -0.05) is 24.9 Å². The van der Waals surface area contributed by atoms with Gasteiger partial charge in [0, 0.05) is 11.8 Å². The fourth-order valence-electron chi connectivity index (χ4n) is 3.04. The minimum Gasteiger partial charge on any atom is -0.478 e. The average molecular weight is 494 g/mol. The molecule has 1 aromatic heterocycles. The molecule has 0 fully saturated rings. The number of hydrogen-bond acceptors (Lipinski definition) is 8. The lowest BCUT2D eigenvalue weighted by atomic mass is 10.0. The fraction of sp³-hybridized carbons (Fsp3) is 0.0435. The Bertz CT molecular complexity index is 1340. The van der Waals surface area contributed by atoms with E-state index in [1.807, 2.05) is 0 Å². The summed E-state index contributed by atoms with van der Waals surface area (Å²) in [6.45, 7) is 0. The van der Waals surface area contributed by atoms with E-state index in [0.29, 0.717) is 0 Å². The van der Waals surface area contributed by atoms with Gasteiger partial charge in [-0.05, 0) is 36.4 Å². The molecule has 0 saturated carbocycles. The quantitative estimate of drug-likeness (QED) is 0.247. The summed E-state index contributed by atoms with van der Waals surface area (Å²) in [6.07, 6.45) is 2.56. The summed E-state index contributed by atoms with van der Waals surface area (Å²) >= 11 is 3.71. The number of nitrogens with one attached hydrogen (secondary N) is 3. The first-order chi connectivity index (χ1) is 16.7. The number of carboxylic acid groups (broad SMARTS) is 1. The average Bonchev–Trinajstić information content (AvgIpc) is 2.87. The van der Waals surface area contributed by atoms with Crippen LogP contribution in [-0.2, 0) is 4.74 Å². The van der Waals surface area contributed by atoms with Crippen molar-refractivity contribution in [2.75, 3.05) is 17.7 Å². The van der Waals surface area contributed by atoms with E-state index in [1.54, 1.807) is 0 Å². The molecule has 0 aliphatic rings. The van der Waals surface area contributed by atoms with Crippen LogP contribution in [0, 0.1) is 0 Å². The molecule has 3 amide bonds. The van der Waals surface area contributed by atoms with Gasteiger partial charge in [-0.25, -0.2) is 9.59 Å². The molecule has 0 unspecified atom stereocenters. The zero-order valence-corrected chi connectivity index (χ0v) is 19.0. The number of nitrogens with zero attached hydrogens (tertiary/aromatic N) is 1. The van der Waals surface area contributed by atoms with Gasteiger partial charge in [0.15, 0.2) is 0 Å². The zero-order chi connectivity index (χ0) is 25.5. The predicted octanol–water partition coefficient (Wildman–Crippen LogP) is 2.65. The molecular weight excluding hydrogens is 476 g/mol. The zero-order valence-electron chi connectivity index (χ0n) is 18.1. The van der Waals surface area contributed by atoms with E-state index in [4.69, 9.17) is 0 Å². The van der Waals surface area contributed by atoms with E-state index in [-0.39, 0.29) is 39.2 Å². The SMILES string of the molecule is COC(=O)c1cncc(NC(=O)c2ccc(C(=O)NS)cc2NC(=O)c2ccccc2C(=O)O)c1. The Kier molecular flexibility index (Phi) is 7.79. The standard InChI is InChI=1S/C23H18N4O7S/c1-34-23(33)13-8-14(11-24-10-13)25-21(30)17-7-6-12(19(28)27-35)9-18(17)26-20(29)15-4-2-3-5-16(15)22(31)32/h2-11,35H,1H3,(H,25,30)(H,26,29)(H,27,28)(H,31,32). The maximum absolute atomic E-state index is 13.0. The maximum Gasteiger partial charge on any atom is 0.339 e. The van der Waals surface area contributed by atoms with Crippen molar-refractivity contribution in [2.24, 2.45) is 0 Å². The number of methoxy groups -OCH3 is 1. The molecule has 0 bridgehead atoms. The second-order valence-corrected chi connectivity index (χ2v) is 7.14. The number of carboxylic acids is 1. The smallest absolute Gasteiger partial charge is 0.339 e. The first-order valence-corrected chi connectivity index (χ1v) is 10.3. The van der Waals surface area contributed by atoms with Crippen LogP contribution in [0.1, 0.15) is 51.8 Å². The summed E-state index contributed by atoms with van der Waals surface area (Å²) in [6, 6.07) is 10.7. The molecule has 35 heavy (non-hydrogen) atoms. The highest BCUT2D eigenvalue weighted by molar-refractivity contribution is 7.78. The minimum absolute atomic E-state index is 0.0506. The van der Waals surface area contributed by atoms with Gasteiger partial charge in [0.2, 0.25) is 0 Å². The lowest BCUT2D eigenvalue weighted by Gasteiger charge is -2.14. The number of pyridine rings is 1.